The summed E-state index contributed by atoms with van der Waals surface area (Å²) >= 11 is 0. The molecule has 0 fully saturated rings. The Morgan fingerprint density at radius 2 is 1.54 bits per heavy atom. The molecule has 1 heterocycles. The molecule has 0 saturated carbocycles. The topological polar surface area (TPSA) is 51.0 Å². The molecular formula is C9H16N2O2. The molecular weight excluding hydrogens is 168 g/mol. The molecule has 0 N–H and O–H groups in total. The van der Waals surface area contributed by atoms with E-state index >= 15 is 0 Å². The predicted molar refractivity (Wildman–Crippen MR) is 48.5 cm³/mol. The van der Waals surface area contributed by atoms with E-state index in [1.165, 1.54) is 7.11 Å². The van der Waals surface area contributed by atoms with Crippen LogP contribution in [0.15, 0.2) is 10.2 Å². The molecule has 1 aliphatic rings. The van der Waals surface area contributed by atoms with Gasteiger partial charge in [-0.1, -0.05) is 0 Å². The van der Waals surface area contributed by atoms with Crippen molar-refractivity contribution < 1.29 is 9.53 Å². The molecule has 4 nitrogen and oxygen atoms in total. The first-order valence-corrected chi connectivity index (χ1v) is 4.33. The van der Waals surface area contributed by atoms with E-state index in [0.717, 1.165) is 0 Å². The Bertz CT molecular complexity index is 238. The predicted octanol–water partition coefficient (Wildman–Crippen LogP) is 1.80. The van der Waals surface area contributed by atoms with Gasteiger partial charge in [0.1, 0.15) is 5.92 Å². The van der Waals surface area contributed by atoms with Gasteiger partial charge in [0.15, 0.2) is 0 Å². The Balaban J connectivity index is 2.99. The molecule has 0 atom stereocenters. The molecule has 0 amide bonds. The molecule has 0 aliphatic carbocycles. The van der Waals surface area contributed by atoms with Gasteiger partial charge >= 0.3 is 5.97 Å². The number of hydrogen-bond donors (Lipinski definition) is 0. The van der Waals surface area contributed by atoms with Crippen LogP contribution >= 0.6 is 0 Å². The van der Waals surface area contributed by atoms with Crippen molar-refractivity contribution >= 4 is 5.97 Å². The highest BCUT2D eigenvalue weighted by Gasteiger charge is 2.51. The third-order valence-electron chi connectivity index (χ3n) is 2.42. The average molecular weight is 184 g/mol. The molecule has 0 saturated heterocycles. The zero-order chi connectivity index (χ0) is 10.3. The number of rotatable bonds is 1. The maximum Gasteiger partial charge on any atom is 0.313 e. The van der Waals surface area contributed by atoms with Gasteiger partial charge < -0.3 is 4.74 Å². The van der Waals surface area contributed by atoms with E-state index < -0.39 is 11.1 Å². The van der Waals surface area contributed by atoms with E-state index in [4.69, 9.17) is 4.74 Å². The lowest BCUT2D eigenvalue weighted by Gasteiger charge is -2.28. The maximum absolute atomic E-state index is 11.5. The van der Waals surface area contributed by atoms with Gasteiger partial charge in [0.05, 0.1) is 18.2 Å². The largest absolute Gasteiger partial charge is 0.469 e. The van der Waals surface area contributed by atoms with E-state index in [1.54, 1.807) is 0 Å². The van der Waals surface area contributed by atoms with E-state index in [2.05, 4.69) is 10.2 Å². The van der Waals surface area contributed by atoms with Crippen LogP contribution in [0, 0.1) is 5.92 Å². The maximum atomic E-state index is 11.5. The normalized spacial score (nSPS) is 24.7. The standard InChI is InChI=1S/C9H16N2O2/c1-8(2)6(7(12)13-5)9(3,4)11-10-8/h6H,1-5H3. The van der Waals surface area contributed by atoms with Gasteiger partial charge in [-0.3, -0.25) is 4.79 Å². The summed E-state index contributed by atoms with van der Waals surface area (Å²) in [6, 6.07) is 0. The first kappa shape index (κ1) is 10.2. The first-order chi connectivity index (χ1) is 5.81. The van der Waals surface area contributed by atoms with Crippen LogP contribution in [0.4, 0.5) is 0 Å². The summed E-state index contributed by atoms with van der Waals surface area (Å²) in [6.45, 7) is 7.58. The van der Waals surface area contributed by atoms with E-state index in [-0.39, 0.29) is 11.9 Å². The molecule has 13 heavy (non-hydrogen) atoms. The number of methoxy groups -OCH3 is 1. The average Bonchev–Trinajstić information content (AvgIpc) is 2.20. The van der Waals surface area contributed by atoms with Crippen LogP contribution < -0.4 is 0 Å². The molecule has 74 valence electrons. The molecule has 0 unspecified atom stereocenters. The number of carbonyl (C=O) groups is 1. The van der Waals surface area contributed by atoms with Gasteiger partial charge in [-0.25, -0.2) is 0 Å². The number of azo groups is 1. The Kier molecular flexibility index (Phi) is 2.18. The minimum Gasteiger partial charge on any atom is -0.469 e. The molecule has 0 radical (unpaired) electrons. The fourth-order valence-electron chi connectivity index (χ4n) is 1.93. The van der Waals surface area contributed by atoms with Crippen LogP contribution in [-0.4, -0.2) is 24.2 Å². The van der Waals surface area contributed by atoms with Crippen molar-refractivity contribution in [2.24, 2.45) is 16.1 Å². The third kappa shape index (κ3) is 1.57. The van der Waals surface area contributed by atoms with Gasteiger partial charge in [-0.05, 0) is 27.7 Å². The van der Waals surface area contributed by atoms with Crippen LogP contribution in [0.5, 0.6) is 0 Å². The van der Waals surface area contributed by atoms with Gasteiger partial charge in [-0.15, -0.1) is 0 Å². The number of esters is 1. The highest BCUT2D eigenvalue weighted by atomic mass is 16.5. The summed E-state index contributed by atoms with van der Waals surface area (Å²) in [5.41, 5.74) is -0.896. The van der Waals surface area contributed by atoms with E-state index in [1.807, 2.05) is 27.7 Å². The summed E-state index contributed by atoms with van der Waals surface area (Å²) in [5.74, 6) is -0.523. The second kappa shape index (κ2) is 2.79. The molecule has 0 aromatic heterocycles. The fraction of sp³-hybridized carbons (Fsp3) is 0.889. The lowest BCUT2D eigenvalue weighted by atomic mass is 9.77. The molecule has 4 heteroatoms. The van der Waals surface area contributed by atoms with Crippen LogP contribution in [0.25, 0.3) is 0 Å². The van der Waals surface area contributed by atoms with Gasteiger partial charge in [0, 0.05) is 0 Å². The van der Waals surface area contributed by atoms with Crippen LogP contribution in [0.1, 0.15) is 27.7 Å². The van der Waals surface area contributed by atoms with Gasteiger partial charge in [-0.2, -0.15) is 10.2 Å². The highest BCUT2D eigenvalue weighted by molar-refractivity contribution is 5.76. The Morgan fingerprint density at radius 1 is 1.15 bits per heavy atom. The number of carbonyl (C=O) groups excluding carboxylic acids is 1. The monoisotopic (exact) mass is 184 g/mol. The molecule has 0 bridgehead atoms. The molecule has 1 rings (SSSR count). The smallest absolute Gasteiger partial charge is 0.313 e. The lowest BCUT2D eigenvalue weighted by molar-refractivity contribution is -0.148. The van der Waals surface area contributed by atoms with Crippen LogP contribution in [0.2, 0.25) is 0 Å². The van der Waals surface area contributed by atoms with Crippen molar-refractivity contribution in [1.82, 2.24) is 0 Å². The number of hydrogen-bond acceptors (Lipinski definition) is 4. The number of ether oxygens (including phenoxy) is 1. The minimum absolute atomic E-state index is 0.236. The van der Waals surface area contributed by atoms with Crippen molar-refractivity contribution in [2.45, 2.75) is 38.8 Å². The summed E-state index contributed by atoms with van der Waals surface area (Å²) in [6.07, 6.45) is 0. The summed E-state index contributed by atoms with van der Waals surface area (Å²) < 4.78 is 4.75. The highest BCUT2D eigenvalue weighted by Crippen LogP contribution is 2.41. The Morgan fingerprint density at radius 3 is 1.85 bits per heavy atom. The minimum atomic E-state index is -0.448. The summed E-state index contributed by atoms with van der Waals surface area (Å²) in [5, 5.41) is 8.19. The number of nitrogens with zero attached hydrogens (tertiary/aromatic N) is 2. The van der Waals surface area contributed by atoms with Crippen molar-refractivity contribution in [3.8, 4) is 0 Å². The SMILES string of the molecule is COC(=O)C1C(C)(C)N=NC1(C)C. The molecule has 1 aliphatic heterocycles. The molecule has 0 aromatic carbocycles. The Hall–Kier alpha value is -0.930. The lowest BCUT2D eigenvalue weighted by Crippen LogP contribution is -2.43. The van der Waals surface area contributed by atoms with Crippen molar-refractivity contribution in [3.05, 3.63) is 0 Å². The van der Waals surface area contributed by atoms with Crippen molar-refractivity contribution in [2.75, 3.05) is 7.11 Å². The second-order valence-electron chi connectivity index (χ2n) is 4.46. The van der Waals surface area contributed by atoms with Crippen LogP contribution in [-0.2, 0) is 9.53 Å². The zero-order valence-electron chi connectivity index (χ0n) is 8.79. The van der Waals surface area contributed by atoms with Gasteiger partial charge in [0.2, 0.25) is 0 Å². The fourth-order valence-corrected chi connectivity index (χ4v) is 1.93. The Labute approximate surface area is 78.4 Å². The van der Waals surface area contributed by atoms with Gasteiger partial charge in [0.25, 0.3) is 0 Å². The summed E-state index contributed by atoms with van der Waals surface area (Å²) in [4.78, 5) is 11.5. The second-order valence-corrected chi connectivity index (χ2v) is 4.46. The summed E-state index contributed by atoms with van der Waals surface area (Å²) in [7, 11) is 1.40. The van der Waals surface area contributed by atoms with Crippen molar-refractivity contribution in [1.29, 1.82) is 0 Å². The van der Waals surface area contributed by atoms with Crippen LogP contribution in [0.3, 0.4) is 0 Å². The van der Waals surface area contributed by atoms with E-state index in [0.29, 0.717) is 0 Å². The molecule has 0 aromatic rings. The molecule has 0 spiro atoms. The first-order valence-electron chi connectivity index (χ1n) is 4.33. The quantitative estimate of drug-likeness (QED) is 0.583. The van der Waals surface area contributed by atoms with Crippen molar-refractivity contribution in [3.63, 3.8) is 0 Å². The zero-order valence-corrected chi connectivity index (χ0v) is 8.79. The van der Waals surface area contributed by atoms with E-state index in [9.17, 15) is 4.79 Å². The third-order valence-corrected chi connectivity index (χ3v) is 2.42.